The Hall–Kier alpha value is -0.700. The third-order valence-corrected chi connectivity index (χ3v) is 5.67. The van der Waals surface area contributed by atoms with E-state index >= 15 is 0 Å². The maximum atomic E-state index is 13.4. The summed E-state index contributed by atoms with van der Waals surface area (Å²) in [7, 11) is 0.135. The largest absolute Gasteiger partial charge is 0.398 e. The molecule has 0 atom stereocenters. The Morgan fingerprint density at radius 2 is 1.90 bits per heavy atom. The second kappa shape index (κ2) is 7.53. The standard InChI is InChI=1S/C13H21BrFN3O2S/c1-4-18(7-5-6-17(2)3)21(19,20)13-8-10(14)11(15)9-12(13)16/h8-9H,4-7,16H2,1-3H3. The molecule has 8 heteroatoms. The lowest BCUT2D eigenvalue weighted by Gasteiger charge is -2.22. The third-order valence-electron chi connectivity index (χ3n) is 3.04. The average Bonchev–Trinajstić information content (AvgIpc) is 2.38. The molecular weight excluding hydrogens is 361 g/mol. The molecule has 0 aliphatic rings. The quantitative estimate of drug-likeness (QED) is 0.734. The van der Waals surface area contributed by atoms with E-state index in [9.17, 15) is 12.8 Å². The van der Waals surface area contributed by atoms with Crippen LogP contribution in [-0.2, 0) is 10.0 Å². The van der Waals surface area contributed by atoms with Crippen molar-refractivity contribution in [3.63, 3.8) is 0 Å². The third kappa shape index (κ3) is 4.64. The SMILES string of the molecule is CCN(CCCN(C)C)S(=O)(=O)c1cc(Br)c(F)cc1N. The highest BCUT2D eigenvalue weighted by Crippen LogP contribution is 2.28. The molecule has 0 radical (unpaired) electrons. The number of sulfonamides is 1. The van der Waals surface area contributed by atoms with E-state index in [1.54, 1.807) is 6.92 Å². The summed E-state index contributed by atoms with van der Waals surface area (Å²) in [5, 5.41) is 0. The van der Waals surface area contributed by atoms with Crippen LogP contribution in [0.25, 0.3) is 0 Å². The molecule has 0 bridgehead atoms. The highest BCUT2D eigenvalue weighted by Gasteiger charge is 2.26. The number of benzene rings is 1. The summed E-state index contributed by atoms with van der Waals surface area (Å²) in [5.41, 5.74) is 5.59. The minimum Gasteiger partial charge on any atom is -0.398 e. The average molecular weight is 382 g/mol. The summed E-state index contributed by atoms with van der Waals surface area (Å²) in [4.78, 5) is 1.92. The Morgan fingerprint density at radius 1 is 1.29 bits per heavy atom. The first-order chi connectivity index (χ1) is 9.70. The van der Waals surface area contributed by atoms with Gasteiger partial charge in [0.2, 0.25) is 10.0 Å². The van der Waals surface area contributed by atoms with Crippen molar-refractivity contribution in [2.75, 3.05) is 39.5 Å². The molecule has 0 aromatic heterocycles. The van der Waals surface area contributed by atoms with Gasteiger partial charge in [-0.05, 0) is 55.1 Å². The number of hydrogen-bond acceptors (Lipinski definition) is 4. The summed E-state index contributed by atoms with van der Waals surface area (Å²) < 4.78 is 40.0. The van der Waals surface area contributed by atoms with Crippen LogP contribution in [-0.4, -0.2) is 51.4 Å². The zero-order chi connectivity index (χ0) is 16.2. The predicted octanol–water partition coefficient (Wildman–Crippen LogP) is 2.13. The number of rotatable bonds is 7. The van der Waals surface area contributed by atoms with Crippen LogP contribution in [0.15, 0.2) is 21.5 Å². The van der Waals surface area contributed by atoms with Gasteiger partial charge >= 0.3 is 0 Å². The van der Waals surface area contributed by atoms with Gasteiger partial charge in [0, 0.05) is 13.1 Å². The summed E-state index contributed by atoms with van der Waals surface area (Å²) in [6.07, 6.45) is 0.711. The molecule has 21 heavy (non-hydrogen) atoms. The van der Waals surface area contributed by atoms with Crippen LogP contribution in [0.4, 0.5) is 10.1 Å². The number of nitrogens with zero attached hydrogens (tertiary/aromatic N) is 2. The molecular formula is C13H21BrFN3O2S. The molecule has 2 N–H and O–H groups in total. The van der Waals surface area contributed by atoms with Gasteiger partial charge in [-0.1, -0.05) is 6.92 Å². The first-order valence-electron chi connectivity index (χ1n) is 6.59. The maximum Gasteiger partial charge on any atom is 0.245 e. The van der Waals surface area contributed by atoms with E-state index in [2.05, 4.69) is 15.9 Å². The minimum atomic E-state index is -3.73. The van der Waals surface area contributed by atoms with Crippen molar-refractivity contribution in [2.24, 2.45) is 0 Å². The van der Waals surface area contributed by atoms with Crippen molar-refractivity contribution >= 4 is 31.6 Å². The highest BCUT2D eigenvalue weighted by atomic mass is 79.9. The molecule has 1 aromatic rings. The normalized spacial score (nSPS) is 12.3. The van der Waals surface area contributed by atoms with Crippen molar-refractivity contribution in [1.29, 1.82) is 0 Å². The van der Waals surface area contributed by atoms with E-state index in [1.807, 2.05) is 19.0 Å². The molecule has 0 aliphatic carbocycles. The lowest BCUT2D eigenvalue weighted by molar-refractivity contribution is 0.356. The van der Waals surface area contributed by atoms with Gasteiger partial charge in [-0.3, -0.25) is 0 Å². The number of hydrogen-bond donors (Lipinski definition) is 1. The van der Waals surface area contributed by atoms with Crippen molar-refractivity contribution in [3.05, 3.63) is 22.4 Å². The Kier molecular flexibility index (Phi) is 6.58. The molecule has 0 aliphatic heterocycles. The van der Waals surface area contributed by atoms with Crippen molar-refractivity contribution in [1.82, 2.24) is 9.21 Å². The van der Waals surface area contributed by atoms with Gasteiger partial charge in [0.05, 0.1) is 10.2 Å². The summed E-state index contributed by atoms with van der Waals surface area (Å²) in [6, 6.07) is 2.24. The van der Waals surface area contributed by atoms with Crippen molar-refractivity contribution in [3.8, 4) is 0 Å². The molecule has 0 saturated heterocycles. The van der Waals surface area contributed by atoms with E-state index in [0.717, 1.165) is 12.6 Å². The van der Waals surface area contributed by atoms with E-state index < -0.39 is 15.8 Å². The van der Waals surface area contributed by atoms with Crippen LogP contribution < -0.4 is 5.73 Å². The minimum absolute atomic E-state index is 0.0671. The van der Waals surface area contributed by atoms with Gasteiger partial charge in [0.15, 0.2) is 0 Å². The molecule has 0 spiro atoms. The van der Waals surface area contributed by atoms with Crippen LogP contribution in [0.3, 0.4) is 0 Å². The van der Waals surface area contributed by atoms with E-state index in [4.69, 9.17) is 5.73 Å². The lowest BCUT2D eigenvalue weighted by atomic mass is 10.3. The van der Waals surface area contributed by atoms with Gasteiger partial charge in [0.1, 0.15) is 10.7 Å². The lowest BCUT2D eigenvalue weighted by Crippen LogP contribution is -2.33. The van der Waals surface area contributed by atoms with E-state index in [1.165, 1.54) is 10.4 Å². The second-order valence-electron chi connectivity index (χ2n) is 4.96. The molecule has 0 unspecified atom stereocenters. The van der Waals surface area contributed by atoms with Crippen molar-refractivity contribution < 1.29 is 12.8 Å². The highest BCUT2D eigenvalue weighted by molar-refractivity contribution is 9.10. The zero-order valence-corrected chi connectivity index (χ0v) is 14.8. The topological polar surface area (TPSA) is 66.6 Å². The number of nitrogen functional groups attached to an aromatic ring is 1. The smallest absolute Gasteiger partial charge is 0.245 e. The fourth-order valence-electron chi connectivity index (χ4n) is 1.92. The molecule has 1 rings (SSSR count). The number of nitrogens with two attached hydrogens (primary N) is 1. The fraction of sp³-hybridized carbons (Fsp3) is 0.538. The second-order valence-corrected chi connectivity index (χ2v) is 7.72. The predicted molar refractivity (Wildman–Crippen MR) is 86.1 cm³/mol. The fourth-order valence-corrected chi connectivity index (χ4v) is 4.02. The number of anilines is 1. The summed E-state index contributed by atoms with van der Waals surface area (Å²) >= 11 is 3.00. The molecule has 0 amide bonds. The maximum absolute atomic E-state index is 13.4. The van der Waals surface area contributed by atoms with Gasteiger partial charge in [0.25, 0.3) is 0 Å². The first-order valence-corrected chi connectivity index (χ1v) is 8.82. The van der Waals surface area contributed by atoms with Gasteiger partial charge in [-0.2, -0.15) is 4.31 Å². The monoisotopic (exact) mass is 381 g/mol. The van der Waals surface area contributed by atoms with Gasteiger partial charge in [-0.15, -0.1) is 0 Å². The molecule has 0 fully saturated rings. The Balaban J connectivity index is 3.05. The molecule has 120 valence electrons. The molecule has 0 heterocycles. The zero-order valence-electron chi connectivity index (χ0n) is 12.4. The summed E-state index contributed by atoms with van der Waals surface area (Å²) in [5.74, 6) is -0.581. The van der Waals surface area contributed by atoms with Gasteiger partial charge < -0.3 is 10.6 Å². The van der Waals surface area contributed by atoms with Crippen LogP contribution >= 0.6 is 15.9 Å². The molecule has 0 saturated carbocycles. The van der Waals surface area contributed by atoms with Crippen LogP contribution in [0.1, 0.15) is 13.3 Å². The Labute approximate surface area is 134 Å². The van der Waals surface area contributed by atoms with Crippen LogP contribution in [0.2, 0.25) is 0 Å². The molecule has 1 aromatic carbocycles. The van der Waals surface area contributed by atoms with E-state index in [0.29, 0.717) is 19.5 Å². The van der Waals surface area contributed by atoms with E-state index in [-0.39, 0.29) is 15.1 Å². The molecule has 5 nitrogen and oxygen atoms in total. The van der Waals surface area contributed by atoms with Gasteiger partial charge in [-0.25, -0.2) is 12.8 Å². The number of halogens is 2. The van der Waals surface area contributed by atoms with Crippen molar-refractivity contribution in [2.45, 2.75) is 18.2 Å². The first kappa shape index (κ1) is 18.3. The summed E-state index contributed by atoms with van der Waals surface area (Å²) in [6.45, 7) is 3.28. The van der Waals surface area contributed by atoms with Crippen LogP contribution in [0.5, 0.6) is 0 Å². The Bertz CT molecular complexity index is 593. The Morgan fingerprint density at radius 3 is 2.43 bits per heavy atom. The van der Waals surface area contributed by atoms with Crippen LogP contribution in [0, 0.1) is 5.82 Å².